The van der Waals surface area contributed by atoms with Gasteiger partial charge in [-0.2, -0.15) is 5.26 Å². The number of carbonyl (C=O) groups is 1. The molecule has 0 aliphatic heterocycles. The number of rotatable bonds is 3. The van der Waals surface area contributed by atoms with Crippen molar-refractivity contribution in [2.75, 3.05) is 0 Å². The molecule has 3 heteroatoms. The highest BCUT2D eigenvalue weighted by Crippen LogP contribution is 2.43. The van der Waals surface area contributed by atoms with Gasteiger partial charge in [0.05, 0.1) is 17.0 Å². The minimum atomic E-state index is -0.477. The SMILES string of the molecule is CCC(=O)C=C1CCC(C#N)(c2ccnc3ccccc23)CC1. The van der Waals surface area contributed by atoms with Crippen molar-refractivity contribution in [1.82, 2.24) is 4.98 Å². The fourth-order valence-electron chi connectivity index (χ4n) is 3.43. The number of pyridine rings is 1. The van der Waals surface area contributed by atoms with Crippen molar-refractivity contribution in [3.8, 4) is 6.07 Å². The Hall–Kier alpha value is -2.47. The lowest BCUT2D eigenvalue weighted by molar-refractivity contribution is -0.114. The molecule has 0 spiro atoms. The Morgan fingerprint density at radius 2 is 2.04 bits per heavy atom. The second kappa shape index (κ2) is 6.34. The van der Waals surface area contributed by atoms with Crippen LogP contribution < -0.4 is 0 Å². The molecule has 23 heavy (non-hydrogen) atoms. The van der Waals surface area contributed by atoms with Crippen LogP contribution in [0, 0.1) is 11.3 Å². The number of ketones is 1. The van der Waals surface area contributed by atoms with Crippen LogP contribution in [0.5, 0.6) is 0 Å². The quantitative estimate of drug-likeness (QED) is 0.786. The number of benzene rings is 1. The number of para-hydroxylation sites is 1. The number of carbonyl (C=O) groups excluding carboxylic acids is 1. The van der Waals surface area contributed by atoms with E-state index >= 15 is 0 Å². The van der Waals surface area contributed by atoms with Gasteiger partial charge >= 0.3 is 0 Å². The second-order valence-electron chi connectivity index (χ2n) is 6.19. The van der Waals surface area contributed by atoms with Gasteiger partial charge in [-0.25, -0.2) is 0 Å². The number of fused-ring (bicyclic) bond motifs is 1. The third kappa shape index (κ3) is 2.90. The summed E-state index contributed by atoms with van der Waals surface area (Å²) in [5.41, 5.74) is 2.71. The molecule has 3 rings (SSSR count). The zero-order chi connectivity index (χ0) is 16.3. The lowest BCUT2D eigenvalue weighted by Gasteiger charge is -2.33. The van der Waals surface area contributed by atoms with E-state index in [0.29, 0.717) is 6.42 Å². The first-order valence-electron chi connectivity index (χ1n) is 8.16. The average Bonchev–Trinajstić information content (AvgIpc) is 2.62. The summed E-state index contributed by atoms with van der Waals surface area (Å²) in [4.78, 5) is 16.0. The first-order valence-corrected chi connectivity index (χ1v) is 8.16. The molecule has 1 aromatic carbocycles. The van der Waals surface area contributed by atoms with E-state index in [0.717, 1.165) is 42.1 Å². The van der Waals surface area contributed by atoms with Crippen molar-refractivity contribution in [2.24, 2.45) is 0 Å². The van der Waals surface area contributed by atoms with Crippen LogP contribution in [0.1, 0.15) is 44.6 Å². The normalized spacial score (nSPS) is 21.0. The van der Waals surface area contributed by atoms with Gasteiger partial charge in [0.15, 0.2) is 5.78 Å². The molecule has 0 bridgehead atoms. The van der Waals surface area contributed by atoms with E-state index < -0.39 is 5.41 Å². The third-order valence-electron chi connectivity index (χ3n) is 4.84. The molecule has 1 aliphatic carbocycles. The first-order chi connectivity index (χ1) is 11.2. The molecule has 2 aromatic rings. The minimum Gasteiger partial charge on any atom is -0.295 e. The topological polar surface area (TPSA) is 53.8 Å². The largest absolute Gasteiger partial charge is 0.295 e. The average molecular weight is 304 g/mol. The van der Waals surface area contributed by atoms with Crippen LogP contribution in [0.15, 0.2) is 48.2 Å². The molecule has 3 nitrogen and oxygen atoms in total. The zero-order valence-corrected chi connectivity index (χ0v) is 13.4. The maximum Gasteiger partial charge on any atom is 0.155 e. The Bertz CT molecular complexity index is 798. The predicted octanol–water partition coefficient (Wildman–Crippen LogP) is 4.48. The van der Waals surface area contributed by atoms with Crippen LogP contribution in [-0.2, 0) is 10.2 Å². The van der Waals surface area contributed by atoms with Gasteiger partial charge < -0.3 is 0 Å². The Labute approximate surface area is 136 Å². The highest BCUT2D eigenvalue weighted by atomic mass is 16.1. The molecule has 1 heterocycles. The summed E-state index contributed by atoms with van der Waals surface area (Å²) >= 11 is 0. The van der Waals surface area contributed by atoms with Gasteiger partial charge in [-0.3, -0.25) is 9.78 Å². The predicted molar refractivity (Wildman–Crippen MR) is 90.9 cm³/mol. The summed E-state index contributed by atoms with van der Waals surface area (Å²) in [5, 5.41) is 11.0. The van der Waals surface area contributed by atoms with E-state index in [4.69, 9.17) is 0 Å². The summed E-state index contributed by atoms with van der Waals surface area (Å²) in [6.07, 6.45) is 7.28. The molecule has 0 unspecified atom stereocenters. The molecule has 1 aromatic heterocycles. The van der Waals surface area contributed by atoms with Crippen molar-refractivity contribution in [3.05, 3.63) is 53.7 Å². The lowest BCUT2D eigenvalue weighted by Crippen LogP contribution is -2.28. The summed E-state index contributed by atoms with van der Waals surface area (Å²) in [7, 11) is 0. The van der Waals surface area contributed by atoms with Crippen molar-refractivity contribution in [3.63, 3.8) is 0 Å². The van der Waals surface area contributed by atoms with E-state index in [1.54, 1.807) is 12.3 Å². The van der Waals surface area contributed by atoms with Crippen LogP contribution in [0.3, 0.4) is 0 Å². The van der Waals surface area contributed by atoms with Gasteiger partial charge in [-0.05, 0) is 49.5 Å². The van der Waals surface area contributed by atoms with Crippen LogP contribution in [0.2, 0.25) is 0 Å². The van der Waals surface area contributed by atoms with Crippen molar-refractivity contribution in [1.29, 1.82) is 5.26 Å². The molecular formula is C20H20N2O. The molecule has 0 atom stereocenters. The highest BCUT2D eigenvalue weighted by Gasteiger charge is 2.36. The Morgan fingerprint density at radius 1 is 1.30 bits per heavy atom. The molecular weight excluding hydrogens is 284 g/mol. The molecule has 0 radical (unpaired) electrons. The zero-order valence-electron chi connectivity index (χ0n) is 13.4. The maximum atomic E-state index is 11.6. The number of aromatic nitrogens is 1. The van der Waals surface area contributed by atoms with Crippen LogP contribution in [-0.4, -0.2) is 10.8 Å². The number of hydrogen-bond acceptors (Lipinski definition) is 3. The van der Waals surface area contributed by atoms with Gasteiger partial charge in [0.1, 0.15) is 0 Å². The van der Waals surface area contributed by atoms with Gasteiger partial charge in [-0.1, -0.05) is 30.7 Å². The smallest absolute Gasteiger partial charge is 0.155 e. The number of nitrogens with zero attached hydrogens (tertiary/aromatic N) is 2. The van der Waals surface area contributed by atoms with Gasteiger partial charge in [0.25, 0.3) is 0 Å². The third-order valence-corrected chi connectivity index (χ3v) is 4.84. The monoisotopic (exact) mass is 304 g/mol. The highest BCUT2D eigenvalue weighted by molar-refractivity contribution is 5.90. The van der Waals surface area contributed by atoms with Crippen molar-refractivity contribution >= 4 is 16.7 Å². The van der Waals surface area contributed by atoms with E-state index in [1.807, 2.05) is 37.3 Å². The Kier molecular flexibility index (Phi) is 4.25. The van der Waals surface area contributed by atoms with Crippen molar-refractivity contribution in [2.45, 2.75) is 44.4 Å². The summed E-state index contributed by atoms with van der Waals surface area (Å²) < 4.78 is 0. The summed E-state index contributed by atoms with van der Waals surface area (Å²) in [5.74, 6) is 0.179. The van der Waals surface area contributed by atoms with Crippen LogP contribution >= 0.6 is 0 Å². The van der Waals surface area contributed by atoms with Crippen LogP contribution in [0.25, 0.3) is 10.9 Å². The number of hydrogen-bond donors (Lipinski definition) is 0. The van der Waals surface area contributed by atoms with Gasteiger partial charge in [0.2, 0.25) is 0 Å². The van der Waals surface area contributed by atoms with Gasteiger partial charge in [0, 0.05) is 18.0 Å². The molecule has 1 saturated carbocycles. The van der Waals surface area contributed by atoms with E-state index in [2.05, 4.69) is 11.1 Å². The summed E-state index contributed by atoms with van der Waals surface area (Å²) in [6, 6.07) is 12.5. The number of nitriles is 1. The Morgan fingerprint density at radius 3 is 2.74 bits per heavy atom. The lowest BCUT2D eigenvalue weighted by atomic mass is 9.68. The molecule has 116 valence electrons. The van der Waals surface area contributed by atoms with E-state index in [9.17, 15) is 10.1 Å². The fourth-order valence-corrected chi connectivity index (χ4v) is 3.43. The first kappa shape index (κ1) is 15.4. The molecule has 1 fully saturated rings. The van der Waals surface area contributed by atoms with Crippen LogP contribution in [0.4, 0.5) is 0 Å². The molecule has 0 saturated heterocycles. The standard InChI is InChI=1S/C20H20N2O/c1-2-16(23)13-15-7-10-20(14-21,11-8-15)18-9-12-22-19-6-4-3-5-17(18)19/h3-6,9,12-13H,2,7-8,10-11H2,1H3. The molecule has 1 aliphatic rings. The van der Waals surface area contributed by atoms with Gasteiger partial charge in [-0.15, -0.1) is 0 Å². The minimum absolute atomic E-state index is 0.179. The molecule has 0 N–H and O–H groups in total. The maximum absolute atomic E-state index is 11.6. The second-order valence-corrected chi connectivity index (χ2v) is 6.19. The molecule has 0 amide bonds. The van der Waals surface area contributed by atoms with E-state index in [1.165, 1.54) is 5.57 Å². The van der Waals surface area contributed by atoms with E-state index in [-0.39, 0.29) is 5.78 Å². The van der Waals surface area contributed by atoms with Crippen molar-refractivity contribution < 1.29 is 4.79 Å². The Balaban J connectivity index is 1.96. The summed E-state index contributed by atoms with van der Waals surface area (Å²) in [6.45, 7) is 1.88. The number of allylic oxidation sites excluding steroid dienone is 2. The fraction of sp³-hybridized carbons (Fsp3) is 0.350.